The molecule has 0 amide bonds. The Morgan fingerprint density at radius 1 is 1.60 bits per heavy atom. The largest absolute Gasteiger partial charge is 0.388 e. The summed E-state index contributed by atoms with van der Waals surface area (Å²) in [5, 5.41) is 7.99. The Hall–Kier alpha value is -1.01. The summed E-state index contributed by atoms with van der Waals surface area (Å²) in [6.45, 7) is 3.53. The number of rotatable bonds is 6. The summed E-state index contributed by atoms with van der Waals surface area (Å²) in [6, 6.07) is 0. The van der Waals surface area contributed by atoms with Crippen LogP contribution in [0.3, 0.4) is 0 Å². The monoisotopic (exact) mass is 228 g/mol. The normalized spacial score (nSPS) is 10.5. The first-order chi connectivity index (χ1) is 7.20. The first kappa shape index (κ1) is 12.1. The highest BCUT2D eigenvalue weighted by Crippen LogP contribution is 2.07. The lowest BCUT2D eigenvalue weighted by molar-refractivity contribution is 0.188. The third-order valence-electron chi connectivity index (χ3n) is 2.12. The molecule has 0 aliphatic heterocycles. The Balaban J connectivity index is 2.75. The predicted octanol–water partition coefficient (Wildman–Crippen LogP) is 0.511. The molecule has 0 saturated carbocycles. The number of nitrogens with zero attached hydrogens (tertiary/aromatic N) is 3. The van der Waals surface area contributed by atoms with Crippen LogP contribution in [0.2, 0.25) is 0 Å². The van der Waals surface area contributed by atoms with Gasteiger partial charge in [-0.05, 0) is 12.8 Å². The molecule has 0 bridgehead atoms. The lowest BCUT2D eigenvalue weighted by Crippen LogP contribution is -2.14. The molecule has 0 saturated heterocycles. The molecule has 1 aromatic heterocycles. The van der Waals surface area contributed by atoms with Crippen LogP contribution in [-0.2, 0) is 17.7 Å². The Morgan fingerprint density at radius 3 is 2.87 bits per heavy atom. The Morgan fingerprint density at radius 2 is 2.33 bits per heavy atom. The van der Waals surface area contributed by atoms with E-state index in [-0.39, 0.29) is 0 Å². The van der Waals surface area contributed by atoms with Crippen LogP contribution in [-0.4, -0.2) is 33.7 Å². The van der Waals surface area contributed by atoms with Crippen molar-refractivity contribution in [3.8, 4) is 0 Å². The van der Waals surface area contributed by atoms with Gasteiger partial charge >= 0.3 is 0 Å². The highest BCUT2D eigenvalue weighted by Gasteiger charge is 2.12. The average Bonchev–Trinajstić information content (AvgIpc) is 2.61. The van der Waals surface area contributed by atoms with Crippen molar-refractivity contribution in [1.29, 1.82) is 0 Å². The number of aryl methyl sites for hydroxylation is 1. The van der Waals surface area contributed by atoms with E-state index in [0.717, 1.165) is 25.1 Å². The van der Waals surface area contributed by atoms with Gasteiger partial charge in [0, 0.05) is 20.3 Å². The van der Waals surface area contributed by atoms with Gasteiger partial charge in [-0.25, -0.2) is 4.68 Å². The van der Waals surface area contributed by atoms with Crippen molar-refractivity contribution >= 4 is 17.2 Å². The van der Waals surface area contributed by atoms with Crippen molar-refractivity contribution in [1.82, 2.24) is 15.0 Å². The van der Waals surface area contributed by atoms with E-state index in [4.69, 9.17) is 22.7 Å². The number of thiocarbonyl (C=S) groups is 1. The fourth-order valence-electron chi connectivity index (χ4n) is 1.41. The molecule has 0 unspecified atom stereocenters. The highest BCUT2D eigenvalue weighted by atomic mass is 32.1. The predicted molar refractivity (Wildman–Crippen MR) is 61.8 cm³/mol. The molecule has 6 heteroatoms. The van der Waals surface area contributed by atoms with E-state index in [0.29, 0.717) is 17.3 Å². The molecule has 1 heterocycles. The molecule has 84 valence electrons. The minimum absolute atomic E-state index is 0.310. The summed E-state index contributed by atoms with van der Waals surface area (Å²) in [6.07, 6.45) is 1.73. The van der Waals surface area contributed by atoms with Gasteiger partial charge in [0.25, 0.3) is 0 Å². The van der Waals surface area contributed by atoms with Crippen LogP contribution in [0.5, 0.6) is 0 Å². The average molecular weight is 228 g/mol. The number of hydrogen-bond acceptors (Lipinski definition) is 4. The third kappa shape index (κ3) is 2.97. The summed E-state index contributed by atoms with van der Waals surface area (Å²) >= 11 is 4.90. The minimum Gasteiger partial charge on any atom is -0.388 e. The van der Waals surface area contributed by atoms with Gasteiger partial charge < -0.3 is 10.5 Å². The van der Waals surface area contributed by atoms with E-state index >= 15 is 0 Å². The molecule has 0 radical (unpaired) electrons. The zero-order chi connectivity index (χ0) is 11.3. The molecule has 2 N–H and O–H groups in total. The maximum absolute atomic E-state index is 5.55. The van der Waals surface area contributed by atoms with Crippen molar-refractivity contribution in [2.24, 2.45) is 5.73 Å². The van der Waals surface area contributed by atoms with Gasteiger partial charge in [0.15, 0.2) is 0 Å². The van der Waals surface area contributed by atoms with Crippen molar-refractivity contribution in [2.75, 3.05) is 13.7 Å². The molecule has 0 aliphatic carbocycles. The maximum Gasteiger partial charge on any atom is 0.143 e. The molecule has 5 nitrogen and oxygen atoms in total. The van der Waals surface area contributed by atoms with Crippen LogP contribution in [0, 0.1) is 0 Å². The zero-order valence-electron chi connectivity index (χ0n) is 9.06. The van der Waals surface area contributed by atoms with Gasteiger partial charge in [-0.2, -0.15) is 0 Å². The first-order valence-electron chi connectivity index (χ1n) is 4.91. The molecule has 1 rings (SSSR count). The van der Waals surface area contributed by atoms with Crippen LogP contribution < -0.4 is 5.73 Å². The molecule has 0 fully saturated rings. The highest BCUT2D eigenvalue weighted by molar-refractivity contribution is 7.80. The quantitative estimate of drug-likeness (QED) is 0.567. The van der Waals surface area contributed by atoms with Crippen LogP contribution in [0.1, 0.15) is 24.7 Å². The van der Waals surface area contributed by atoms with Gasteiger partial charge in [0.1, 0.15) is 10.7 Å². The van der Waals surface area contributed by atoms with Gasteiger partial charge in [0.2, 0.25) is 0 Å². The lowest BCUT2D eigenvalue weighted by Gasteiger charge is -2.04. The van der Waals surface area contributed by atoms with E-state index < -0.39 is 0 Å². The topological polar surface area (TPSA) is 66.0 Å². The first-order valence-corrected chi connectivity index (χ1v) is 5.32. The molecule has 0 aromatic carbocycles. The van der Waals surface area contributed by atoms with Crippen LogP contribution in [0.25, 0.3) is 0 Å². The second kappa shape index (κ2) is 5.77. The molecular formula is C9H16N4OS. The fourth-order valence-corrected chi connectivity index (χ4v) is 1.57. The van der Waals surface area contributed by atoms with Crippen molar-refractivity contribution in [3.05, 3.63) is 11.4 Å². The summed E-state index contributed by atoms with van der Waals surface area (Å²) in [4.78, 5) is 0.310. The minimum atomic E-state index is 0.310. The summed E-state index contributed by atoms with van der Waals surface area (Å²) < 4.78 is 6.82. The molecule has 1 aromatic rings. The van der Waals surface area contributed by atoms with E-state index in [2.05, 4.69) is 10.3 Å². The fraction of sp³-hybridized carbons (Fsp3) is 0.667. The molecule has 0 atom stereocenters. The summed E-state index contributed by atoms with van der Waals surface area (Å²) in [5.74, 6) is 0. The standard InChI is InChI=1S/C9H16N4OS/c1-3-7-8(9(10)15)11-12-13(7)5-4-6-14-2/h3-6H2,1-2H3,(H2,10,15). The van der Waals surface area contributed by atoms with Gasteiger partial charge in [-0.15, -0.1) is 5.10 Å². The Labute approximate surface area is 94.6 Å². The second-order valence-corrected chi connectivity index (χ2v) is 3.61. The Bertz CT molecular complexity index is 337. The lowest BCUT2D eigenvalue weighted by atomic mass is 10.2. The van der Waals surface area contributed by atoms with Crippen molar-refractivity contribution in [2.45, 2.75) is 26.3 Å². The SMILES string of the molecule is CCc1c(C(N)=S)nnn1CCCOC. The molecular weight excluding hydrogens is 212 g/mol. The smallest absolute Gasteiger partial charge is 0.143 e. The summed E-state index contributed by atoms with van der Waals surface area (Å²) in [7, 11) is 1.68. The third-order valence-corrected chi connectivity index (χ3v) is 2.32. The van der Waals surface area contributed by atoms with E-state index in [1.54, 1.807) is 7.11 Å². The maximum atomic E-state index is 5.55. The van der Waals surface area contributed by atoms with Crippen LogP contribution in [0.4, 0.5) is 0 Å². The van der Waals surface area contributed by atoms with E-state index in [1.807, 2.05) is 11.6 Å². The summed E-state index contributed by atoms with van der Waals surface area (Å²) in [5.41, 5.74) is 7.19. The van der Waals surface area contributed by atoms with Gasteiger partial charge in [-0.3, -0.25) is 0 Å². The molecule has 15 heavy (non-hydrogen) atoms. The second-order valence-electron chi connectivity index (χ2n) is 3.17. The molecule has 0 aliphatic rings. The number of methoxy groups -OCH3 is 1. The van der Waals surface area contributed by atoms with Gasteiger partial charge in [0.05, 0.1) is 5.69 Å². The van der Waals surface area contributed by atoms with Gasteiger partial charge in [-0.1, -0.05) is 24.4 Å². The van der Waals surface area contributed by atoms with E-state index in [9.17, 15) is 0 Å². The van der Waals surface area contributed by atoms with Crippen LogP contribution in [0.15, 0.2) is 0 Å². The van der Waals surface area contributed by atoms with Crippen molar-refractivity contribution in [3.63, 3.8) is 0 Å². The zero-order valence-corrected chi connectivity index (χ0v) is 9.88. The molecule has 0 spiro atoms. The number of aromatic nitrogens is 3. The van der Waals surface area contributed by atoms with E-state index in [1.165, 1.54) is 0 Å². The number of nitrogens with two attached hydrogens (primary N) is 1. The Kier molecular flexibility index (Phi) is 4.64. The van der Waals surface area contributed by atoms with Crippen molar-refractivity contribution < 1.29 is 4.74 Å². The number of hydrogen-bond donors (Lipinski definition) is 1. The number of ether oxygens (including phenoxy) is 1. The van der Waals surface area contributed by atoms with Crippen LogP contribution >= 0.6 is 12.2 Å².